The number of rotatable bonds is 1. The Morgan fingerprint density at radius 2 is 2.07 bits per heavy atom. The van der Waals surface area contributed by atoms with Crippen LogP contribution in [0.25, 0.3) is 0 Å². The van der Waals surface area contributed by atoms with Gasteiger partial charge in [-0.3, -0.25) is 0 Å². The van der Waals surface area contributed by atoms with Gasteiger partial charge >= 0.3 is 0 Å². The largest absolute Gasteiger partial charge is 0.310 e. The van der Waals surface area contributed by atoms with Crippen molar-refractivity contribution in [2.24, 2.45) is 0 Å². The van der Waals surface area contributed by atoms with Crippen molar-refractivity contribution in [3.63, 3.8) is 0 Å². The Balaban J connectivity index is 2.33. The summed E-state index contributed by atoms with van der Waals surface area (Å²) in [5.74, 6) is 0. The monoisotopic (exact) mass is 267 g/mol. The van der Waals surface area contributed by atoms with Gasteiger partial charge in [0.05, 0.1) is 0 Å². The summed E-state index contributed by atoms with van der Waals surface area (Å²) < 4.78 is 1.28. The molecular weight excluding hydrogens is 250 g/mol. The highest BCUT2D eigenvalue weighted by atomic mass is 79.9. The van der Waals surface area contributed by atoms with Gasteiger partial charge in [0.2, 0.25) is 0 Å². The van der Waals surface area contributed by atoms with Crippen molar-refractivity contribution in [1.29, 1.82) is 0 Å². The van der Waals surface area contributed by atoms with Gasteiger partial charge in [-0.15, -0.1) is 0 Å². The summed E-state index contributed by atoms with van der Waals surface area (Å²) in [6.45, 7) is 5.50. The van der Waals surface area contributed by atoms with Gasteiger partial charge < -0.3 is 5.32 Å². The molecule has 82 valence electrons. The fourth-order valence-electron chi connectivity index (χ4n) is 2.35. The SMILES string of the molecule is Cc1cc(C)c(Br)c(C2CCCCN2)c1. The predicted molar refractivity (Wildman–Crippen MR) is 68.2 cm³/mol. The zero-order valence-electron chi connectivity index (χ0n) is 9.44. The van der Waals surface area contributed by atoms with Crippen LogP contribution < -0.4 is 5.32 Å². The van der Waals surface area contributed by atoms with Crippen molar-refractivity contribution in [1.82, 2.24) is 5.32 Å². The maximum atomic E-state index is 3.71. The Hall–Kier alpha value is -0.340. The van der Waals surface area contributed by atoms with Crippen LogP contribution in [-0.2, 0) is 0 Å². The van der Waals surface area contributed by atoms with E-state index in [0.29, 0.717) is 6.04 Å². The molecule has 0 saturated carbocycles. The maximum absolute atomic E-state index is 3.71. The van der Waals surface area contributed by atoms with Gasteiger partial charge in [0.25, 0.3) is 0 Å². The van der Waals surface area contributed by atoms with E-state index in [-0.39, 0.29) is 0 Å². The van der Waals surface area contributed by atoms with Crippen molar-refractivity contribution in [3.8, 4) is 0 Å². The molecule has 1 aliphatic rings. The highest BCUT2D eigenvalue weighted by Gasteiger charge is 2.18. The number of piperidine rings is 1. The standard InChI is InChI=1S/C13H18BrN/c1-9-7-10(2)13(14)11(8-9)12-5-3-4-6-15-12/h7-8,12,15H,3-6H2,1-2H3. The van der Waals surface area contributed by atoms with Gasteiger partial charge in [0.15, 0.2) is 0 Å². The van der Waals surface area contributed by atoms with Crippen molar-refractivity contribution >= 4 is 15.9 Å². The molecule has 1 unspecified atom stereocenters. The topological polar surface area (TPSA) is 12.0 Å². The van der Waals surface area contributed by atoms with Crippen LogP contribution in [0.2, 0.25) is 0 Å². The van der Waals surface area contributed by atoms with E-state index in [4.69, 9.17) is 0 Å². The van der Waals surface area contributed by atoms with E-state index in [0.717, 1.165) is 6.54 Å². The molecule has 1 fully saturated rings. The van der Waals surface area contributed by atoms with Crippen molar-refractivity contribution in [2.75, 3.05) is 6.54 Å². The summed E-state index contributed by atoms with van der Waals surface area (Å²) >= 11 is 3.71. The summed E-state index contributed by atoms with van der Waals surface area (Å²) in [6.07, 6.45) is 3.93. The molecule has 0 amide bonds. The molecule has 1 atom stereocenters. The van der Waals surface area contributed by atoms with Crippen LogP contribution in [0.1, 0.15) is 42.0 Å². The Kier molecular flexibility index (Phi) is 3.47. The first-order valence-electron chi connectivity index (χ1n) is 5.68. The van der Waals surface area contributed by atoms with Crippen LogP contribution in [-0.4, -0.2) is 6.54 Å². The van der Waals surface area contributed by atoms with Gasteiger partial charge in [0.1, 0.15) is 0 Å². The van der Waals surface area contributed by atoms with Gasteiger partial charge in [0, 0.05) is 10.5 Å². The normalized spacial score (nSPS) is 21.7. The Labute approximate surface area is 100 Å². The molecule has 0 spiro atoms. The number of nitrogens with one attached hydrogen (secondary N) is 1. The van der Waals surface area contributed by atoms with E-state index in [1.165, 1.54) is 40.4 Å². The van der Waals surface area contributed by atoms with Crippen LogP contribution in [0.5, 0.6) is 0 Å². The number of hydrogen-bond donors (Lipinski definition) is 1. The molecule has 1 aromatic carbocycles. The molecule has 2 rings (SSSR count). The second kappa shape index (κ2) is 4.67. The molecule has 1 aliphatic heterocycles. The smallest absolute Gasteiger partial charge is 0.0331 e. The van der Waals surface area contributed by atoms with E-state index in [9.17, 15) is 0 Å². The molecule has 0 aliphatic carbocycles. The van der Waals surface area contributed by atoms with Gasteiger partial charge in [-0.2, -0.15) is 0 Å². The summed E-state index contributed by atoms with van der Waals surface area (Å²) in [5.41, 5.74) is 4.14. The zero-order chi connectivity index (χ0) is 10.8. The van der Waals surface area contributed by atoms with Crippen LogP contribution in [0.15, 0.2) is 16.6 Å². The minimum atomic E-state index is 0.548. The second-order valence-electron chi connectivity index (χ2n) is 4.49. The third-order valence-corrected chi connectivity index (χ3v) is 4.20. The lowest BCUT2D eigenvalue weighted by Gasteiger charge is -2.25. The first kappa shape index (κ1) is 11.2. The number of halogens is 1. The lowest BCUT2D eigenvalue weighted by molar-refractivity contribution is 0.411. The Morgan fingerprint density at radius 1 is 1.27 bits per heavy atom. The number of hydrogen-bond acceptors (Lipinski definition) is 1. The minimum absolute atomic E-state index is 0.548. The molecule has 2 heteroatoms. The van der Waals surface area contributed by atoms with E-state index in [1.807, 2.05) is 0 Å². The fraction of sp³-hybridized carbons (Fsp3) is 0.538. The number of benzene rings is 1. The van der Waals surface area contributed by atoms with Gasteiger partial charge in [-0.1, -0.05) is 40.0 Å². The molecule has 0 bridgehead atoms. The first-order chi connectivity index (χ1) is 7.18. The quantitative estimate of drug-likeness (QED) is 0.815. The summed E-state index contributed by atoms with van der Waals surface area (Å²) in [7, 11) is 0. The summed E-state index contributed by atoms with van der Waals surface area (Å²) in [6, 6.07) is 5.09. The average Bonchev–Trinajstić information content (AvgIpc) is 2.24. The summed E-state index contributed by atoms with van der Waals surface area (Å²) in [5, 5.41) is 3.60. The molecule has 15 heavy (non-hydrogen) atoms. The molecule has 1 saturated heterocycles. The van der Waals surface area contributed by atoms with Crippen molar-refractivity contribution in [3.05, 3.63) is 33.3 Å². The number of aryl methyl sites for hydroxylation is 2. The van der Waals surface area contributed by atoms with Crippen LogP contribution in [0, 0.1) is 13.8 Å². The third-order valence-electron chi connectivity index (χ3n) is 3.11. The Bertz CT molecular complexity index is 354. The zero-order valence-corrected chi connectivity index (χ0v) is 11.0. The summed E-state index contributed by atoms with van der Waals surface area (Å²) in [4.78, 5) is 0. The third kappa shape index (κ3) is 2.43. The van der Waals surface area contributed by atoms with Crippen LogP contribution >= 0.6 is 15.9 Å². The van der Waals surface area contributed by atoms with Crippen LogP contribution in [0.4, 0.5) is 0 Å². The van der Waals surface area contributed by atoms with E-state index < -0.39 is 0 Å². The lowest BCUT2D eigenvalue weighted by atomic mass is 9.95. The predicted octanol–water partition coefficient (Wildman–Crippen LogP) is 3.88. The molecular formula is C13H18BrN. The highest BCUT2D eigenvalue weighted by Crippen LogP contribution is 2.32. The lowest BCUT2D eigenvalue weighted by Crippen LogP contribution is -2.27. The van der Waals surface area contributed by atoms with Gasteiger partial charge in [-0.25, -0.2) is 0 Å². The molecule has 1 aromatic rings. The van der Waals surface area contributed by atoms with Crippen LogP contribution in [0.3, 0.4) is 0 Å². The van der Waals surface area contributed by atoms with E-state index >= 15 is 0 Å². The molecule has 1 N–H and O–H groups in total. The first-order valence-corrected chi connectivity index (χ1v) is 6.48. The average molecular weight is 268 g/mol. The highest BCUT2D eigenvalue weighted by molar-refractivity contribution is 9.10. The van der Waals surface area contributed by atoms with E-state index in [1.54, 1.807) is 0 Å². The molecule has 0 aromatic heterocycles. The van der Waals surface area contributed by atoms with Gasteiger partial charge in [-0.05, 0) is 44.4 Å². The molecule has 0 radical (unpaired) electrons. The molecule has 1 nitrogen and oxygen atoms in total. The second-order valence-corrected chi connectivity index (χ2v) is 5.28. The van der Waals surface area contributed by atoms with E-state index in [2.05, 4.69) is 47.2 Å². The van der Waals surface area contributed by atoms with Crippen molar-refractivity contribution in [2.45, 2.75) is 39.2 Å². The maximum Gasteiger partial charge on any atom is 0.0331 e. The van der Waals surface area contributed by atoms with Crippen molar-refractivity contribution < 1.29 is 0 Å². The fourth-order valence-corrected chi connectivity index (χ4v) is 2.86. The minimum Gasteiger partial charge on any atom is -0.310 e. The Morgan fingerprint density at radius 3 is 2.73 bits per heavy atom. The molecule has 1 heterocycles.